The molecule has 2 nitrogen and oxygen atoms in total. The van der Waals surface area contributed by atoms with Crippen LogP contribution in [0.5, 0.6) is 0 Å². The van der Waals surface area contributed by atoms with Crippen LogP contribution in [0.4, 0.5) is 0 Å². The number of piperidine rings is 1. The number of likely N-dealkylation sites (tertiary alicyclic amines) is 1. The van der Waals surface area contributed by atoms with E-state index in [2.05, 4.69) is 51.4 Å². The van der Waals surface area contributed by atoms with Gasteiger partial charge in [0, 0.05) is 23.1 Å². The minimum Gasteiger partial charge on any atom is -0.316 e. The molecule has 1 saturated heterocycles. The van der Waals surface area contributed by atoms with E-state index in [1.807, 2.05) is 0 Å². The Morgan fingerprint density at radius 2 is 2.22 bits per heavy atom. The lowest BCUT2D eigenvalue weighted by Crippen LogP contribution is -2.45. The first-order valence-corrected chi connectivity index (χ1v) is 7.77. The molecule has 1 aliphatic heterocycles. The zero-order valence-electron chi connectivity index (χ0n) is 11.0. The Morgan fingerprint density at radius 1 is 1.33 bits per heavy atom. The standard InChI is InChI=1S/C15H21BrN2/c1-17-11-4-3-9-18(10-11)15-8-7-12-13(15)5-2-6-14(12)16/h2,5-6,11,15,17H,3-4,7-10H2,1H3. The SMILES string of the molecule is CNC1CCCN(C2CCc3c(Br)cccc32)C1. The molecule has 0 radical (unpaired) electrons. The molecule has 1 aliphatic carbocycles. The van der Waals surface area contributed by atoms with Gasteiger partial charge in [0.15, 0.2) is 0 Å². The summed E-state index contributed by atoms with van der Waals surface area (Å²) in [6, 6.07) is 8.00. The zero-order chi connectivity index (χ0) is 12.5. The van der Waals surface area contributed by atoms with E-state index < -0.39 is 0 Å². The van der Waals surface area contributed by atoms with Gasteiger partial charge >= 0.3 is 0 Å². The van der Waals surface area contributed by atoms with Gasteiger partial charge in [0.25, 0.3) is 0 Å². The van der Waals surface area contributed by atoms with Gasteiger partial charge in [-0.25, -0.2) is 0 Å². The maximum absolute atomic E-state index is 3.69. The van der Waals surface area contributed by atoms with Crippen LogP contribution in [-0.4, -0.2) is 31.1 Å². The largest absolute Gasteiger partial charge is 0.316 e. The van der Waals surface area contributed by atoms with Crippen molar-refractivity contribution in [1.29, 1.82) is 0 Å². The number of nitrogens with zero attached hydrogens (tertiary/aromatic N) is 1. The van der Waals surface area contributed by atoms with Crippen molar-refractivity contribution in [2.75, 3.05) is 20.1 Å². The smallest absolute Gasteiger partial charge is 0.0355 e. The van der Waals surface area contributed by atoms with Crippen molar-refractivity contribution in [2.24, 2.45) is 0 Å². The van der Waals surface area contributed by atoms with Crippen LogP contribution in [0.15, 0.2) is 22.7 Å². The molecule has 3 heteroatoms. The summed E-state index contributed by atoms with van der Waals surface area (Å²) in [4.78, 5) is 2.68. The topological polar surface area (TPSA) is 15.3 Å². The Balaban J connectivity index is 1.81. The first-order valence-electron chi connectivity index (χ1n) is 6.98. The van der Waals surface area contributed by atoms with Crippen LogP contribution < -0.4 is 5.32 Å². The van der Waals surface area contributed by atoms with Gasteiger partial charge in [0.1, 0.15) is 0 Å². The van der Waals surface area contributed by atoms with E-state index in [4.69, 9.17) is 0 Å². The second-order valence-electron chi connectivity index (χ2n) is 5.48. The average Bonchev–Trinajstić information content (AvgIpc) is 2.84. The van der Waals surface area contributed by atoms with E-state index >= 15 is 0 Å². The molecule has 1 fully saturated rings. The monoisotopic (exact) mass is 308 g/mol. The van der Waals surface area contributed by atoms with E-state index in [0.29, 0.717) is 12.1 Å². The maximum Gasteiger partial charge on any atom is 0.0355 e. The minimum atomic E-state index is 0.647. The third-order valence-corrected chi connectivity index (χ3v) is 5.23. The lowest BCUT2D eigenvalue weighted by molar-refractivity contribution is 0.139. The van der Waals surface area contributed by atoms with Crippen molar-refractivity contribution in [3.63, 3.8) is 0 Å². The molecule has 18 heavy (non-hydrogen) atoms. The van der Waals surface area contributed by atoms with Gasteiger partial charge in [-0.2, -0.15) is 0 Å². The molecule has 0 amide bonds. The number of benzene rings is 1. The van der Waals surface area contributed by atoms with Gasteiger partial charge in [-0.3, -0.25) is 4.90 Å². The first-order chi connectivity index (χ1) is 8.79. The molecule has 0 aromatic heterocycles. The molecule has 3 rings (SSSR count). The molecule has 1 aromatic rings. The highest BCUT2D eigenvalue weighted by Gasteiger charge is 2.31. The van der Waals surface area contributed by atoms with E-state index in [1.165, 1.54) is 48.8 Å². The predicted octanol–water partition coefficient (Wildman–Crippen LogP) is 3.12. The molecular formula is C15H21BrN2. The molecule has 1 N–H and O–H groups in total. The Hall–Kier alpha value is -0.380. The van der Waals surface area contributed by atoms with E-state index in [1.54, 1.807) is 5.56 Å². The number of hydrogen-bond donors (Lipinski definition) is 1. The van der Waals surface area contributed by atoms with Crippen molar-refractivity contribution in [1.82, 2.24) is 10.2 Å². The van der Waals surface area contributed by atoms with Gasteiger partial charge in [0.2, 0.25) is 0 Å². The summed E-state index contributed by atoms with van der Waals surface area (Å²) in [5, 5.41) is 3.44. The van der Waals surface area contributed by atoms with Crippen LogP contribution in [0, 0.1) is 0 Å². The third kappa shape index (κ3) is 2.24. The van der Waals surface area contributed by atoms with Gasteiger partial charge in [-0.15, -0.1) is 0 Å². The van der Waals surface area contributed by atoms with E-state index in [0.717, 1.165) is 0 Å². The fraction of sp³-hybridized carbons (Fsp3) is 0.600. The summed E-state index contributed by atoms with van der Waals surface area (Å²) >= 11 is 3.69. The zero-order valence-corrected chi connectivity index (χ0v) is 12.5. The molecule has 2 aliphatic rings. The summed E-state index contributed by atoms with van der Waals surface area (Å²) in [6.45, 7) is 2.46. The summed E-state index contributed by atoms with van der Waals surface area (Å²) < 4.78 is 1.30. The Labute approximate surface area is 118 Å². The molecule has 0 bridgehead atoms. The van der Waals surface area contributed by atoms with Crippen LogP contribution in [0.2, 0.25) is 0 Å². The van der Waals surface area contributed by atoms with Crippen molar-refractivity contribution in [3.05, 3.63) is 33.8 Å². The van der Waals surface area contributed by atoms with Crippen LogP contribution in [0.25, 0.3) is 0 Å². The third-order valence-electron chi connectivity index (χ3n) is 4.48. The summed E-state index contributed by atoms with van der Waals surface area (Å²) in [5.41, 5.74) is 3.09. The highest BCUT2D eigenvalue weighted by atomic mass is 79.9. The van der Waals surface area contributed by atoms with Crippen molar-refractivity contribution in [2.45, 2.75) is 37.8 Å². The van der Waals surface area contributed by atoms with Gasteiger partial charge in [-0.05, 0) is 56.5 Å². The number of nitrogens with one attached hydrogen (secondary N) is 1. The molecule has 1 aromatic carbocycles. The molecule has 98 valence electrons. The summed E-state index contributed by atoms with van der Waals surface area (Å²) in [6.07, 6.45) is 5.16. The average molecular weight is 309 g/mol. The van der Waals surface area contributed by atoms with Crippen molar-refractivity contribution in [3.8, 4) is 0 Å². The molecular weight excluding hydrogens is 288 g/mol. The minimum absolute atomic E-state index is 0.647. The Morgan fingerprint density at radius 3 is 3.06 bits per heavy atom. The first kappa shape index (κ1) is 12.6. The summed E-state index contributed by atoms with van der Waals surface area (Å²) in [7, 11) is 2.09. The normalized spacial score (nSPS) is 28.3. The molecule has 2 atom stereocenters. The van der Waals surface area contributed by atoms with Crippen LogP contribution in [0.1, 0.15) is 36.4 Å². The predicted molar refractivity (Wildman–Crippen MR) is 78.9 cm³/mol. The molecule has 1 heterocycles. The van der Waals surface area contributed by atoms with Gasteiger partial charge in [0.05, 0.1) is 0 Å². The van der Waals surface area contributed by atoms with Crippen LogP contribution in [0.3, 0.4) is 0 Å². The van der Waals surface area contributed by atoms with Crippen LogP contribution in [-0.2, 0) is 6.42 Å². The fourth-order valence-corrected chi connectivity index (χ4v) is 4.07. The Bertz CT molecular complexity index is 433. The highest BCUT2D eigenvalue weighted by Crippen LogP contribution is 2.40. The second-order valence-corrected chi connectivity index (χ2v) is 6.34. The number of likely N-dealkylation sites (N-methyl/N-ethyl adjacent to an activating group) is 1. The Kier molecular flexibility index (Phi) is 3.73. The quantitative estimate of drug-likeness (QED) is 0.903. The highest BCUT2D eigenvalue weighted by molar-refractivity contribution is 9.10. The van der Waals surface area contributed by atoms with Crippen LogP contribution >= 0.6 is 15.9 Å². The fourth-order valence-electron chi connectivity index (χ4n) is 3.49. The molecule has 0 spiro atoms. The molecule has 0 saturated carbocycles. The molecule has 2 unspecified atom stereocenters. The van der Waals surface area contributed by atoms with Gasteiger partial charge in [-0.1, -0.05) is 28.1 Å². The number of hydrogen-bond acceptors (Lipinski definition) is 2. The number of rotatable bonds is 2. The summed E-state index contributed by atoms with van der Waals surface area (Å²) in [5.74, 6) is 0. The van der Waals surface area contributed by atoms with E-state index in [9.17, 15) is 0 Å². The maximum atomic E-state index is 3.69. The van der Waals surface area contributed by atoms with E-state index in [-0.39, 0.29) is 0 Å². The van der Waals surface area contributed by atoms with Crippen molar-refractivity contribution < 1.29 is 0 Å². The second kappa shape index (κ2) is 5.32. The lowest BCUT2D eigenvalue weighted by atomic mass is 10.0. The number of fused-ring (bicyclic) bond motifs is 1. The number of halogens is 1. The van der Waals surface area contributed by atoms with Gasteiger partial charge < -0.3 is 5.32 Å². The lowest BCUT2D eigenvalue weighted by Gasteiger charge is -2.37. The van der Waals surface area contributed by atoms with Crippen molar-refractivity contribution >= 4 is 15.9 Å².